The van der Waals surface area contributed by atoms with Crippen molar-refractivity contribution in [1.82, 2.24) is 0 Å². The number of allylic oxidation sites excluding steroid dienone is 1. The van der Waals surface area contributed by atoms with Gasteiger partial charge in [0.2, 0.25) is 0 Å². The fourth-order valence-electron chi connectivity index (χ4n) is 2.26. The van der Waals surface area contributed by atoms with E-state index in [4.69, 9.17) is 9.47 Å². The van der Waals surface area contributed by atoms with Crippen molar-refractivity contribution in [3.63, 3.8) is 0 Å². The van der Waals surface area contributed by atoms with E-state index in [1.165, 1.54) is 0 Å². The average Bonchev–Trinajstić information content (AvgIpc) is 2.72. The zero-order chi connectivity index (χ0) is 20.4. The van der Waals surface area contributed by atoms with E-state index in [2.05, 4.69) is 33.9 Å². The maximum absolute atomic E-state index is 11.9. The lowest BCUT2D eigenvalue weighted by atomic mass is 10.3. The quantitative estimate of drug-likeness (QED) is 0.623. The summed E-state index contributed by atoms with van der Waals surface area (Å²) in [4.78, 5) is 0. The average molecular weight is 406 g/mol. The van der Waals surface area contributed by atoms with E-state index in [1.807, 2.05) is 24.3 Å². The van der Waals surface area contributed by atoms with Crippen LogP contribution in [0.4, 0.5) is 11.4 Å². The molecule has 0 amide bonds. The minimum absolute atomic E-state index is 0.0379. The molecule has 1 aliphatic heterocycles. The van der Waals surface area contributed by atoms with Gasteiger partial charge in [-0.15, -0.1) is 10.2 Å². The van der Waals surface area contributed by atoms with Crippen LogP contribution in [0.2, 0.25) is 0 Å². The summed E-state index contributed by atoms with van der Waals surface area (Å²) in [5.74, 6) is 11.2. The molecule has 29 heavy (non-hydrogen) atoms. The van der Waals surface area contributed by atoms with Gasteiger partial charge in [-0.25, -0.2) is 8.42 Å². The Morgan fingerprint density at radius 2 is 1.41 bits per heavy atom. The lowest BCUT2D eigenvalue weighted by Crippen LogP contribution is -2.08. The van der Waals surface area contributed by atoms with Crippen LogP contribution in [-0.4, -0.2) is 33.1 Å². The van der Waals surface area contributed by atoms with Gasteiger partial charge in [0, 0.05) is 0 Å². The van der Waals surface area contributed by atoms with Gasteiger partial charge >= 0.3 is 0 Å². The Morgan fingerprint density at radius 1 is 0.793 bits per heavy atom. The molecule has 0 unspecified atom stereocenters. The number of sulfone groups is 1. The molecule has 0 saturated heterocycles. The smallest absolute Gasteiger partial charge is 0.172 e. The maximum atomic E-state index is 11.9. The molecule has 7 heteroatoms. The van der Waals surface area contributed by atoms with E-state index in [-0.39, 0.29) is 24.7 Å². The number of rotatable bonds is 0. The minimum Gasteiger partial charge on any atom is -0.487 e. The number of para-hydroxylation sites is 2. The molecule has 0 bridgehead atoms. The molecule has 0 N–H and O–H groups in total. The standard InChI is InChI=1S/C22H18N2O4S/c25-29(26)17-9-2-1-7-15-27-21-13-5-3-11-19(21)23-24-20-12-4-6-14-22(20)28-16-8-10-18-29/h1,3-7,11-14H,15-18H2/b7-1-,24-23?. The highest BCUT2D eigenvalue weighted by Crippen LogP contribution is 2.32. The van der Waals surface area contributed by atoms with Crippen LogP contribution in [0.15, 0.2) is 70.9 Å². The van der Waals surface area contributed by atoms with E-state index in [1.54, 1.807) is 36.4 Å². The van der Waals surface area contributed by atoms with Crippen LogP contribution in [0.1, 0.15) is 0 Å². The summed E-state index contributed by atoms with van der Waals surface area (Å²) in [5, 5.41) is 8.54. The zero-order valence-electron chi connectivity index (χ0n) is 15.5. The molecule has 0 atom stereocenters. The molecule has 6 nitrogen and oxygen atoms in total. The summed E-state index contributed by atoms with van der Waals surface area (Å²) in [6.07, 6.45) is 3.26. The lowest BCUT2D eigenvalue weighted by molar-refractivity contribution is 0.364. The van der Waals surface area contributed by atoms with Crippen LogP contribution >= 0.6 is 0 Å². The molecule has 3 rings (SSSR count). The van der Waals surface area contributed by atoms with E-state index in [0.717, 1.165) is 0 Å². The predicted molar refractivity (Wildman–Crippen MR) is 111 cm³/mol. The summed E-state index contributed by atoms with van der Waals surface area (Å²) < 4.78 is 35.2. The number of benzene rings is 2. The molecule has 0 radical (unpaired) electrons. The molecule has 2 aromatic rings. The Bertz CT molecular complexity index is 1150. The Morgan fingerprint density at radius 3 is 2.14 bits per heavy atom. The van der Waals surface area contributed by atoms with Crippen LogP contribution in [0.3, 0.4) is 0 Å². The van der Waals surface area contributed by atoms with Crippen LogP contribution in [0.25, 0.3) is 0 Å². The van der Waals surface area contributed by atoms with Crippen molar-refractivity contribution in [1.29, 1.82) is 0 Å². The van der Waals surface area contributed by atoms with E-state index >= 15 is 0 Å². The molecule has 0 spiro atoms. The highest BCUT2D eigenvalue weighted by Gasteiger charge is 2.06. The van der Waals surface area contributed by atoms with Gasteiger partial charge in [0.25, 0.3) is 0 Å². The van der Waals surface area contributed by atoms with Gasteiger partial charge in [0.15, 0.2) is 9.84 Å². The van der Waals surface area contributed by atoms with Gasteiger partial charge in [-0.2, -0.15) is 0 Å². The monoisotopic (exact) mass is 406 g/mol. The largest absolute Gasteiger partial charge is 0.487 e. The van der Waals surface area contributed by atoms with Crippen LogP contribution < -0.4 is 9.47 Å². The topological polar surface area (TPSA) is 77.3 Å². The van der Waals surface area contributed by atoms with Gasteiger partial charge in [0.05, 0.1) is 0 Å². The second-order valence-corrected chi connectivity index (χ2v) is 7.91. The fraction of sp³-hybridized carbons (Fsp3) is 0.182. The first-order chi connectivity index (χ1) is 14.1. The van der Waals surface area contributed by atoms with Crippen molar-refractivity contribution in [2.45, 2.75) is 0 Å². The van der Waals surface area contributed by atoms with Crippen LogP contribution in [0, 0.1) is 23.7 Å². The molecule has 0 fully saturated rings. The Hall–Kier alpha value is -3.55. The van der Waals surface area contributed by atoms with Crippen molar-refractivity contribution in [2.75, 3.05) is 24.7 Å². The van der Waals surface area contributed by atoms with Crippen LogP contribution in [-0.2, 0) is 9.84 Å². The highest BCUT2D eigenvalue weighted by atomic mass is 32.2. The first-order valence-corrected chi connectivity index (χ1v) is 10.6. The van der Waals surface area contributed by atoms with Gasteiger partial charge in [-0.1, -0.05) is 47.9 Å². The highest BCUT2D eigenvalue weighted by molar-refractivity contribution is 7.91. The maximum Gasteiger partial charge on any atom is 0.172 e. The summed E-state index contributed by atoms with van der Waals surface area (Å²) in [7, 11) is -3.37. The van der Waals surface area contributed by atoms with Crippen molar-refractivity contribution < 1.29 is 17.9 Å². The van der Waals surface area contributed by atoms with Crippen molar-refractivity contribution in [3.8, 4) is 35.2 Å². The molecule has 0 aromatic heterocycles. The first-order valence-electron chi connectivity index (χ1n) is 8.79. The number of ether oxygens (including phenoxy) is 2. The molecular weight excluding hydrogens is 388 g/mol. The number of fused-ring (bicyclic) bond motifs is 2. The van der Waals surface area contributed by atoms with E-state index in [0.29, 0.717) is 22.9 Å². The summed E-state index contributed by atoms with van der Waals surface area (Å²) >= 11 is 0. The Balaban J connectivity index is 1.90. The molecule has 1 aliphatic rings. The molecule has 0 saturated carbocycles. The van der Waals surface area contributed by atoms with E-state index in [9.17, 15) is 8.42 Å². The molecule has 0 aliphatic carbocycles. The van der Waals surface area contributed by atoms with Crippen molar-refractivity contribution >= 4 is 21.2 Å². The van der Waals surface area contributed by atoms with Crippen molar-refractivity contribution in [2.24, 2.45) is 10.2 Å². The summed E-state index contributed by atoms with van der Waals surface area (Å²) in [5.41, 5.74) is 1.11. The van der Waals surface area contributed by atoms with Crippen molar-refractivity contribution in [3.05, 3.63) is 60.7 Å². The Kier molecular flexibility index (Phi) is 7.05. The first kappa shape index (κ1) is 20.2. The van der Waals surface area contributed by atoms with Gasteiger partial charge in [-0.05, 0) is 36.4 Å². The molecule has 2 aromatic carbocycles. The third kappa shape index (κ3) is 6.53. The van der Waals surface area contributed by atoms with Crippen LogP contribution in [0.5, 0.6) is 11.5 Å². The van der Waals surface area contributed by atoms with Gasteiger partial charge in [-0.3, -0.25) is 0 Å². The molecule has 146 valence electrons. The zero-order valence-corrected chi connectivity index (χ0v) is 16.4. The number of hydrogen-bond acceptors (Lipinski definition) is 6. The van der Waals surface area contributed by atoms with Gasteiger partial charge < -0.3 is 9.47 Å². The minimum atomic E-state index is -3.37. The lowest BCUT2D eigenvalue weighted by Gasteiger charge is -2.06. The Labute approximate surface area is 170 Å². The third-order valence-electron chi connectivity index (χ3n) is 3.64. The number of hydrogen-bond donors (Lipinski definition) is 0. The fourth-order valence-corrected chi connectivity index (χ4v) is 2.99. The molecular formula is C22H18N2O4S. The predicted octanol–water partition coefficient (Wildman–Crippen LogP) is 3.85. The SMILES string of the molecule is O=S1(=O)CC#C/C=C\COc2ccccc2N=Nc2ccccc2OCC#CC1. The summed E-state index contributed by atoms with van der Waals surface area (Å²) in [6, 6.07) is 14.4. The normalized spacial score (nSPS) is 17.0. The third-order valence-corrected chi connectivity index (χ3v) is 4.81. The molecule has 1 heterocycles. The van der Waals surface area contributed by atoms with E-state index < -0.39 is 9.84 Å². The second-order valence-electron chi connectivity index (χ2n) is 5.84. The second kappa shape index (κ2) is 10.1. The summed E-state index contributed by atoms with van der Waals surface area (Å²) in [6.45, 7) is 0.301. The van der Waals surface area contributed by atoms with Gasteiger partial charge in [0.1, 0.15) is 47.6 Å². The number of nitrogens with zero attached hydrogens (tertiary/aromatic N) is 2. The number of azo groups is 1.